The molecule has 0 bridgehead atoms. The Bertz CT molecular complexity index is 333. The molecule has 0 aromatic carbocycles. The molecule has 3 atom stereocenters. The number of aliphatic hydroxyl groups excluding tert-OH is 1. The highest BCUT2D eigenvalue weighted by molar-refractivity contribution is 5.89. The van der Waals surface area contributed by atoms with Gasteiger partial charge >= 0.3 is 0 Å². The van der Waals surface area contributed by atoms with Crippen molar-refractivity contribution in [2.75, 3.05) is 40.8 Å². The van der Waals surface area contributed by atoms with Crippen LogP contribution in [0.4, 0.5) is 0 Å². The lowest BCUT2D eigenvalue weighted by Crippen LogP contribution is -2.63. The number of nitrogens with one attached hydrogen (secondary N) is 1. The number of rotatable bonds is 7. The first kappa shape index (κ1) is 15.9. The van der Waals surface area contributed by atoms with Gasteiger partial charge in [0.1, 0.15) is 0 Å². The van der Waals surface area contributed by atoms with E-state index in [2.05, 4.69) is 5.32 Å². The van der Waals surface area contributed by atoms with Crippen LogP contribution in [0.3, 0.4) is 0 Å². The van der Waals surface area contributed by atoms with Gasteiger partial charge in [-0.05, 0) is 20.5 Å². The van der Waals surface area contributed by atoms with Gasteiger partial charge in [-0.3, -0.25) is 9.59 Å². The van der Waals surface area contributed by atoms with Crippen molar-refractivity contribution in [1.29, 1.82) is 0 Å². The first-order chi connectivity index (χ1) is 8.88. The number of hydrogen-bond acceptors (Lipinski definition) is 4. The lowest BCUT2D eigenvalue weighted by atomic mass is 9.79. The fourth-order valence-electron chi connectivity index (χ4n) is 2.32. The molecule has 0 saturated carbocycles. The van der Waals surface area contributed by atoms with Gasteiger partial charge in [-0.1, -0.05) is 6.92 Å². The van der Waals surface area contributed by atoms with Gasteiger partial charge in [-0.15, -0.1) is 0 Å². The number of aliphatic hydroxyl groups is 1. The zero-order chi connectivity index (χ0) is 14.6. The van der Waals surface area contributed by atoms with E-state index in [1.54, 1.807) is 11.9 Å². The molecule has 1 rings (SSSR count). The molecule has 6 nitrogen and oxygen atoms in total. The van der Waals surface area contributed by atoms with E-state index >= 15 is 0 Å². The maximum Gasteiger partial charge on any atom is 0.227 e. The van der Waals surface area contributed by atoms with Crippen LogP contribution in [0.25, 0.3) is 0 Å². The van der Waals surface area contributed by atoms with E-state index in [-0.39, 0.29) is 36.3 Å². The predicted octanol–water partition coefficient (Wildman–Crippen LogP) is -0.860. The summed E-state index contributed by atoms with van der Waals surface area (Å²) in [5.41, 5.74) is 0. The number of carbonyl (C=O) groups excluding carboxylic acids is 2. The van der Waals surface area contributed by atoms with E-state index in [9.17, 15) is 9.59 Å². The maximum absolute atomic E-state index is 12.2. The number of hydrogen-bond donors (Lipinski definition) is 2. The molecule has 6 heteroatoms. The molecule has 0 aliphatic carbocycles. The quantitative estimate of drug-likeness (QED) is 0.591. The first-order valence-corrected chi connectivity index (χ1v) is 6.69. The van der Waals surface area contributed by atoms with Crippen molar-refractivity contribution in [1.82, 2.24) is 15.1 Å². The molecule has 1 aliphatic heterocycles. The minimum absolute atomic E-state index is 0.0219. The van der Waals surface area contributed by atoms with E-state index in [0.717, 1.165) is 6.54 Å². The molecule has 0 spiro atoms. The van der Waals surface area contributed by atoms with Gasteiger partial charge in [0, 0.05) is 26.7 Å². The normalized spacial score (nSPS) is 23.8. The Labute approximate surface area is 114 Å². The maximum atomic E-state index is 12.2. The molecule has 0 unspecified atom stereocenters. The van der Waals surface area contributed by atoms with E-state index in [4.69, 9.17) is 5.11 Å². The summed E-state index contributed by atoms with van der Waals surface area (Å²) in [5, 5.41) is 11.7. The average molecular weight is 271 g/mol. The minimum atomic E-state index is -0.249. The van der Waals surface area contributed by atoms with Gasteiger partial charge in [0.05, 0.1) is 17.9 Å². The Morgan fingerprint density at radius 2 is 2.00 bits per heavy atom. The molecule has 1 heterocycles. The summed E-state index contributed by atoms with van der Waals surface area (Å²) in [5.74, 6) is -0.503. The summed E-state index contributed by atoms with van der Waals surface area (Å²) in [6.07, 6.45) is 0.426. The topological polar surface area (TPSA) is 72.9 Å². The van der Waals surface area contributed by atoms with Gasteiger partial charge < -0.3 is 20.2 Å². The Morgan fingerprint density at radius 3 is 2.47 bits per heavy atom. The summed E-state index contributed by atoms with van der Waals surface area (Å²) in [6.45, 7) is 3.29. The molecule has 110 valence electrons. The monoisotopic (exact) mass is 271 g/mol. The molecule has 1 aliphatic rings. The smallest absolute Gasteiger partial charge is 0.227 e. The van der Waals surface area contributed by atoms with Crippen LogP contribution in [0.5, 0.6) is 0 Å². The Balaban J connectivity index is 2.50. The lowest BCUT2D eigenvalue weighted by Gasteiger charge is -2.40. The summed E-state index contributed by atoms with van der Waals surface area (Å²) < 4.78 is 0. The predicted molar refractivity (Wildman–Crippen MR) is 72.5 cm³/mol. The van der Waals surface area contributed by atoms with Crippen LogP contribution in [0, 0.1) is 11.8 Å². The molecule has 1 fully saturated rings. The average Bonchev–Trinajstić information content (AvgIpc) is 2.37. The van der Waals surface area contributed by atoms with Crippen LogP contribution in [-0.4, -0.2) is 73.6 Å². The Morgan fingerprint density at radius 1 is 1.37 bits per heavy atom. The minimum Gasteiger partial charge on any atom is -0.396 e. The largest absolute Gasteiger partial charge is 0.396 e. The van der Waals surface area contributed by atoms with E-state index in [1.807, 2.05) is 25.9 Å². The van der Waals surface area contributed by atoms with Gasteiger partial charge in [0.15, 0.2) is 0 Å². The Hall–Kier alpha value is -1.14. The third-order valence-electron chi connectivity index (χ3n) is 3.71. The van der Waals surface area contributed by atoms with Gasteiger partial charge in [-0.25, -0.2) is 0 Å². The third kappa shape index (κ3) is 3.91. The van der Waals surface area contributed by atoms with Crippen LogP contribution in [0.15, 0.2) is 0 Å². The highest BCUT2D eigenvalue weighted by Crippen LogP contribution is 2.26. The number of amides is 2. The van der Waals surface area contributed by atoms with Crippen molar-refractivity contribution in [3.05, 3.63) is 0 Å². The number of carbonyl (C=O) groups is 2. The molecule has 0 aromatic rings. The summed E-state index contributed by atoms with van der Waals surface area (Å²) >= 11 is 0. The summed E-state index contributed by atoms with van der Waals surface area (Å²) in [4.78, 5) is 27.4. The second-order valence-electron chi connectivity index (χ2n) is 5.50. The number of likely N-dealkylation sites (N-methyl/N-ethyl adjacent to an activating group) is 2. The molecule has 0 aromatic heterocycles. The fourth-order valence-corrected chi connectivity index (χ4v) is 2.32. The SMILES string of the molecule is C[C@@H](C(=O)N(C)CCN(C)C)[C@H]1NC(=O)[C@H]1CCO. The third-order valence-corrected chi connectivity index (χ3v) is 3.71. The Kier molecular flexibility index (Phi) is 5.75. The zero-order valence-electron chi connectivity index (χ0n) is 12.2. The van der Waals surface area contributed by atoms with Crippen LogP contribution in [0.2, 0.25) is 0 Å². The molecule has 2 N–H and O–H groups in total. The molecular weight excluding hydrogens is 246 g/mol. The molecule has 1 saturated heterocycles. The van der Waals surface area contributed by atoms with Crippen LogP contribution in [0.1, 0.15) is 13.3 Å². The van der Waals surface area contributed by atoms with Crippen LogP contribution < -0.4 is 5.32 Å². The zero-order valence-corrected chi connectivity index (χ0v) is 12.2. The highest BCUT2D eigenvalue weighted by Gasteiger charge is 2.44. The first-order valence-electron chi connectivity index (χ1n) is 6.69. The van der Waals surface area contributed by atoms with Crippen molar-refractivity contribution in [3.63, 3.8) is 0 Å². The summed E-state index contributed by atoms with van der Waals surface area (Å²) in [6, 6.07) is -0.144. The van der Waals surface area contributed by atoms with Gasteiger partial charge in [0.25, 0.3) is 0 Å². The van der Waals surface area contributed by atoms with Gasteiger partial charge in [-0.2, -0.15) is 0 Å². The van der Waals surface area contributed by atoms with Crippen molar-refractivity contribution in [2.24, 2.45) is 11.8 Å². The van der Waals surface area contributed by atoms with Crippen LogP contribution >= 0.6 is 0 Å². The van der Waals surface area contributed by atoms with E-state index in [1.165, 1.54) is 0 Å². The number of β-lactam (4-membered cyclic amide) rings is 1. The number of nitrogens with zero attached hydrogens (tertiary/aromatic N) is 2. The van der Waals surface area contributed by atoms with E-state index < -0.39 is 0 Å². The molecule has 0 radical (unpaired) electrons. The van der Waals surface area contributed by atoms with Crippen molar-refractivity contribution >= 4 is 11.8 Å². The second-order valence-corrected chi connectivity index (χ2v) is 5.50. The second kappa shape index (κ2) is 6.86. The molecular formula is C13H25N3O3. The van der Waals surface area contributed by atoms with Crippen LogP contribution in [-0.2, 0) is 9.59 Å². The van der Waals surface area contributed by atoms with Crippen molar-refractivity contribution < 1.29 is 14.7 Å². The fraction of sp³-hybridized carbons (Fsp3) is 0.846. The van der Waals surface area contributed by atoms with Crippen molar-refractivity contribution in [2.45, 2.75) is 19.4 Å². The van der Waals surface area contributed by atoms with Crippen molar-refractivity contribution in [3.8, 4) is 0 Å². The summed E-state index contributed by atoms with van der Waals surface area (Å²) in [7, 11) is 5.71. The standard InChI is InChI=1S/C13H25N3O3/c1-9(11-10(5-8-17)12(18)14-11)13(19)16(4)7-6-15(2)3/h9-11,17H,5-8H2,1-4H3,(H,14,18)/t9-,10+,11-/m1/s1. The molecule has 2 amide bonds. The van der Waals surface area contributed by atoms with E-state index in [0.29, 0.717) is 13.0 Å². The molecule has 19 heavy (non-hydrogen) atoms. The lowest BCUT2D eigenvalue weighted by molar-refractivity contribution is -0.144. The highest BCUT2D eigenvalue weighted by atomic mass is 16.3. The van der Waals surface area contributed by atoms with Gasteiger partial charge in [0.2, 0.25) is 11.8 Å².